The first-order chi connectivity index (χ1) is 8.70. The SMILES string of the molecule is O=C(O)C1(Cc2cn3ccccc3n2)CCCS1. The highest BCUT2D eigenvalue weighted by atomic mass is 32.2. The van der Waals surface area contributed by atoms with Gasteiger partial charge >= 0.3 is 5.97 Å². The van der Waals surface area contributed by atoms with Gasteiger partial charge in [0.1, 0.15) is 10.4 Å². The second kappa shape index (κ2) is 4.31. The van der Waals surface area contributed by atoms with Gasteiger partial charge < -0.3 is 9.51 Å². The quantitative estimate of drug-likeness (QED) is 0.921. The van der Waals surface area contributed by atoms with E-state index in [1.165, 1.54) is 0 Å². The van der Waals surface area contributed by atoms with Gasteiger partial charge in [-0.1, -0.05) is 6.07 Å². The summed E-state index contributed by atoms with van der Waals surface area (Å²) >= 11 is 1.55. The number of hydrogen-bond donors (Lipinski definition) is 1. The second-order valence-corrected chi connectivity index (χ2v) is 6.10. The molecule has 1 N–H and O–H groups in total. The Labute approximate surface area is 109 Å². The van der Waals surface area contributed by atoms with Crippen LogP contribution in [-0.4, -0.2) is 31.0 Å². The van der Waals surface area contributed by atoms with Crippen molar-refractivity contribution < 1.29 is 9.90 Å². The molecule has 2 aromatic heterocycles. The Hall–Kier alpha value is -1.49. The average Bonchev–Trinajstić information content (AvgIpc) is 2.95. The van der Waals surface area contributed by atoms with Gasteiger partial charge in [0, 0.05) is 18.8 Å². The molecule has 0 amide bonds. The lowest BCUT2D eigenvalue weighted by Crippen LogP contribution is -2.34. The largest absolute Gasteiger partial charge is 0.480 e. The summed E-state index contributed by atoms with van der Waals surface area (Å²) in [6.07, 6.45) is 6.08. The monoisotopic (exact) mass is 262 g/mol. The van der Waals surface area contributed by atoms with E-state index in [-0.39, 0.29) is 0 Å². The summed E-state index contributed by atoms with van der Waals surface area (Å²) in [6.45, 7) is 0. The number of carboxylic acids is 1. The number of aliphatic carboxylic acids is 1. The minimum atomic E-state index is -0.706. The Morgan fingerprint density at radius 3 is 3.11 bits per heavy atom. The number of hydrogen-bond acceptors (Lipinski definition) is 3. The van der Waals surface area contributed by atoms with Gasteiger partial charge in [-0.05, 0) is 30.7 Å². The van der Waals surface area contributed by atoms with Crippen LogP contribution < -0.4 is 0 Å². The maximum Gasteiger partial charge on any atom is 0.320 e. The molecule has 0 saturated carbocycles. The van der Waals surface area contributed by atoms with Crippen LogP contribution in [0.1, 0.15) is 18.5 Å². The van der Waals surface area contributed by atoms with E-state index in [1.54, 1.807) is 11.8 Å². The van der Waals surface area contributed by atoms with Crippen molar-refractivity contribution in [1.82, 2.24) is 9.38 Å². The molecular formula is C13H14N2O2S. The van der Waals surface area contributed by atoms with Crippen molar-refractivity contribution in [3.8, 4) is 0 Å². The summed E-state index contributed by atoms with van der Waals surface area (Å²) in [5.41, 5.74) is 1.73. The summed E-state index contributed by atoms with van der Waals surface area (Å²) in [4.78, 5) is 16.0. The average molecular weight is 262 g/mol. The van der Waals surface area contributed by atoms with E-state index in [2.05, 4.69) is 4.98 Å². The standard InChI is InChI=1S/C13H14N2O2S/c16-12(17)13(5-3-7-18-13)8-10-9-15-6-2-1-4-11(15)14-10/h1-2,4,6,9H,3,5,7-8H2,(H,16,17). The molecule has 1 fully saturated rings. The Bertz CT molecular complexity index is 554. The Morgan fingerprint density at radius 1 is 1.56 bits per heavy atom. The lowest BCUT2D eigenvalue weighted by Gasteiger charge is -2.21. The smallest absolute Gasteiger partial charge is 0.320 e. The number of fused-ring (bicyclic) bond motifs is 1. The molecule has 94 valence electrons. The summed E-state index contributed by atoms with van der Waals surface area (Å²) in [6, 6.07) is 5.80. The lowest BCUT2D eigenvalue weighted by molar-refractivity contribution is -0.139. The third-order valence-electron chi connectivity index (χ3n) is 3.37. The zero-order valence-electron chi connectivity index (χ0n) is 9.87. The molecule has 18 heavy (non-hydrogen) atoms. The first kappa shape index (κ1) is 11.6. The highest BCUT2D eigenvalue weighted by molar-refractivity contribution is 8.01. The first-order valence-corrected chi connectivity index (χ1v) is 6.98. The van der Waals surface area contributed by atoms with Crippen LogP contribution in [0, 0.1) is 0 Å². The van der Waals surface area contributed by atoms with Crippen LogP contribution >= 0.6 is 11.8 Å². The van der Waals surface area contributed by atoms with E-state index in [1.807, 2.05) is 35.0 Å². The summed E-state index contributed by atoms with van der Waals surface area (Å²) in [5, 5.41) is 9.44. The molecular weight excluding hydrogens is 248 g/mol. The minimum absolute atomic E-state index is 0.509. The number of rotatable bonds is 3. The summed E-state index contributed by atoms with van der Waals surface area (Å²) in [7, 11) is 0. The third-order valence-corrected chi connectivity index (χ3v) is 4.94. The van der Waals surface area contributed by atoms with Crippen LogP contribution in [0.2, 0.25) is 0 Å². The Balaban J connectivity index is 1.93. The van der Waals surface area contributed by atoms with Crippen LogP contribution in [0.3, 0.4) is 0 Å². The molecule has 1 unspecified atom stereocenters. The molecule has 3 heterocycles. The molecule has 0 bridgehead atoms. The van der Waals surface area contributed by atoms with Crippen LogP contribution in [0.5, 0.6) is 0 Å². The molecule has 4 nitrogen and oxygen atoms in total. The molecule has 2 aromatic rings. The van der Waals surface area contributed by atoms with Crippen LogP contribution in [0.15, 0.2) is 30.6 Å². The van der Waals surface area contributed by atoms with E-state index in [4.69, 9.17) is 0 Å². The third kappa shape index (κ3) is 1.88. The van der Waals surface area contributed by atoms with Crippen LogP contribution in [-0.2, 0) is 11.2 Å². The predicted octanol–water partition coefficient (Wildman–Crippen LogP) is 2.23. The molecule has 1 saturated heterocycles. The number of carboxylic acid groups (broad SMARTS) is 1. The van der Waals surface area contributed by atoms with Crippen molar-refractivity contribution in [2.45, 2.75) is 24.0 Å². The molecule has 3 rings (SSSR count). The van der Waals surface area contributed by atoms with E-state index in [0.29, 0.717) is 6.42 Å². The number of thioether (sulfide) groups is 1. The van der Waals surface area contributed by atoms with Gasteiger partial charge in [-0.25, -0.2) is 4.98 Å². The van der Waals surface area contributed by atoms with E-state index >= 15 is 0 Å². The minimum Gasteiger partial charge on any atom is -0.480 e. The number of nitrogens with zero attached hydrogens (tertiary/aromatic N) is 2. The van der Waals surface area contributed by atoms with Gasteiger partial charge in [-0.15, -0.1) is 11.8 Å². The van der Waals surface area contributed by atoms with Crippen LogP contribution in [0.4, 0.5) is 0 Å². The van der Waals surface area contributed by atoms with Crippen molar-refractivity contribution in [2.75, 3.05) is 5.75 Å². The predicted molar refractivity (Wildman–Crippen MR) is 71.0 cm³/mol. The Kier molecular flexibility index (Phi) is 2.78. The van der Waals surface area contributed by atoms with Crippen molar-refractivity contribution in [1.29, 1.82) is 0 Å². The molecule has 1 aliphatic rings. The van der Waals surface area contributed by atoms with Gasteiger partial charge in [0.25, 0.3) is 0 Å². The Morgan fingerprint density at radius 2 is 2.44 bits per heavy atom. The normalized spacial score (nSPS) is 23.6. The van der Waals surface area contributed by atoms with E-state index < -0.39 is 10.7 Å². The fourth-order valence-corrected chi connectivity index (χ4v) is 3.79. The molecule has 1 atom stereocenters. The van der Waals surface area contributed by atoms with Gasteiger partial charge in [0.15, 0.2) is 0 Å². The zero-order valence-corrected chi connectivity index (χ0v) is 10.7. The zero-order chi connectivity index (χ0) is 12.6. The topological polar surface area (TPSA) is 54.6 Å². The van der Waals surface area contributed by atoms with E-state index in [0.717, 1.165) is 29.9 Å². The molecule has 0 aromatic carbocycles. The number of pyridine rings is 1. The van der Waals surface area contributed by atoms with Gasteiger partial charge in [0.05, 0.1) is 5.69 Å². The van der Waals surface area contributed by atoms with Gasteiger partial charge in [-0.2, -0.15) is 0 Å². The molecule has 1 aliphatic heterocycles. The number of carbonyl (C=O) groups is 1. The molecule has 0 spiro atoms. The van der Waals surface area contributed by atoms with Crippen molar-refractivity contribution in [3.05, 3.63) is 36.3 Å². The van der Waals surface area contributed by atoms with Crippen molar-refractivity contribution in [2.24, 2.45) is 0 Å². The van der Waals surface area contributed by atoms with Crippen LogP contribution in [0.25, 0.3) is 5.65 Å². The number of imidazole rings is 1. The van der Waals surface area contributed by atoms with Crippen molar-refractivity contribution in [3.63, 3.8) is 0 Å². The number of aromatic nitrogens is 2. The molecule has 0 radical (unpaired) electrons. The van der Waals surface area contributed by atoms with Gasteiger partial charge in [-0.3, -0.25) is 4.79 Å². The molecule has 5 heteroatoms. The fourth-order valence-electron chi connectivity index (χ4n) is 2.45. The maximum absolute atomic E-state index is 11.5. The second-order valence-electron chi connectivity index (χ2n) is 4.63. The van der Waals surface area contributed by atoms with E-state index in [9.17, 15) is 9.90 Å². The first-order valence-electron chi connectivity index (χ1n) is 6.00. The highest BCUT2D eigenvalue weighted by Crippen LogP contribution is 2.40. The highest BCUT2D eigenvalue weighted by Gasteiger charge is 2.42. The summed E-state index contributed by atoms with van der Waals surface area (Å²) < 4.78 is 1.27. The summed E-state index contributed by atoms with van der Waals surface area (Å²) in [5.74, 6) is 0.224. The lowest BCUT2D eigenvalue weighted by atomic mass is 9.98. The van der Waals surface area contributed by atoms with Crippen molar-refractivity contribution >= 4 is 23.4 Å². The van der Waals surface area contributed by atoms with Gasteiger partial charge in [0.2, 0.25) is 0 Å². The fraction of sp³-hybridized carbons (Fsp3) is 0.385. The molecule has 0 aliphatic carbocycles. The maximum atomic E-state index is 11.5.